The molecule has 1 unspecified atom stereocenters. The molecule has 1 N–H and O–H groups in total. The normalized spacial score (nSPS) is 20.4. The Morgan fingerprint density at radius 1 is 0.709 bits per heavy atom. The molecule has 0 amide bonds. The SMILES string of the molecule is C=C(CC)C(=O)OCCC(CCCc1ccc(-c2ccc(C3CCC(C4CCC(CCCCCCC)CC4)CC3)c(CC)c2)cc1)CCOC(=O)C(=C)CO. The van der Waals surface area contributed by atoms with E-state index in [1.165, 1.54) is 112 Å². The van der Waals surface area contributed by atoms with Crippen molar-refractivity contribution in [1.29, 1.82) is 0 Å². The molecule has 2 aromatic carbocycles. The van der Waals surface area contributed by atoms with E-state index in [1.54, 1.807) is 5.56 Å². The summed E-state index contributed by atoms with van der Waals surface area (Å²) in [5.74, 6) is 2.96. The van der Waals surface area contributed by atoms with Gasteiger partial charge in [0.05, 0.1) is 25.4 Å². The second-order valence-electron chi connectivity index (χ2n) is 16.9. The van der Waals surface area contributed by atoms with Gasteiger partial charge in [-0.05, 0) is 141 Å². The van der Waals surface area contributed by atoms with E-state index in [0.29, 0.717) is 37.4 Å². The zero-order valence-corrected chi connectivity index (χ0v) is 34.9. The lowest BCUT2D eigenvalue weighted by atomic mass is 9.67. The van der Waals surface area contributed by atoms with Gasteiger partial charge in [-0.1, -0.05) is 128 Å². The fourth-order valence-electron chi connectivity index (χ4n) is 9.32. The minimum Gasteiger partial charge on any atom is -0.462 e. The summed E-state index contributed by atoms with van der Waals surface area (Å²) >= 11 is 0. The average molecular weight is 755 g/mol. The summed E-state index contributed by atoms with van der Waals surface area (Å²) in [4.78, 5) is 24.1. The predicted molar refractivity (Wildman–Crippen MR) is 228 cm³/mol. The summed E-state index contributed by atoms with van der Waals surface area (Å²) in [7, 11) is 0. The van der Waals surface area contributed by atoms with Crippen LogP contribution >= 0.6 is 0 Å². The number of carbonyl (C=O) groups is 2. The maximum Gasteiger partial charge on any atom is 0.335 e. The van der Waals surface area contributed by atoms with Gasteiger partial charge in [0.15, 0.2) is 0 Å². The summed E-state index contributed by atoms with van der Waals surface area (Å²) in [6.45, 7) is 14.0. The molecule has 5 nitrogen and oxygen atoms in total. The summed E-state index contributed by atoms with van der Waals surface area (Å²) in [5.41, 5.74) is 7.52. The van der Waals surface area contributed by atoms with Crippen LogP contribution in [0.15, 0.2) is 66.8 Å². The van der Waals surface area contributed by atoms with E-state index < -0.39 is 12.6 Å². The van der Waals surface area contributed by atoms with Gasteiger partial charge in [-0.15, -0.1) is 0 Å². The van der Waals surface area contributed by atoms with Crippen LogP contribution in [0.4, 0.5) is 0 Å². The van der Waals surface area contributed by atoms with Crippen molar-refractivity contribution >= 4 is 11.9 Å². The fraction of sp³-hybridized carbons (Fsp3) is 0.640. The maximum atomic E-state index is 12.1. The Labute approximate surface area is 334 Å². The maximum absolute atomic E-state index is 12.1. The molecule has 55 heavy (non-hydrogen) atoms. The summed E-state index contributed by atoms with van der Waals surface area (Å²) in [6.07, 6.45) is 25.9. The van der Waals surface area contributed by atoms with Gasteiger partial charge in [0.25, 0.3) is 0 Å². The van der Waals surface area contributed by atoms with Crippen molar-refractivity contribution in [2.45, 2.75) is 162 Å². The molecule has 2 aliphatic rings. The molecule has 0 aliphatic heterocycles. The number of carbonyl (C=O) groups excluding carboxylic acids is 2. The number of unbranched alkanes of at least 4 members (excludes halogenated alkanes) is 4. The molecular formula is C50H74O5. The van der Waals surface area contributed by atoms with E-state index in [2.05, 4.69) is 69.5 Å². The van der Waals surface area contributed by atoms with Gasteiger partial charge in [-0.25, -0.2) is 9.59 Å². The first-order valence-corrected chi connectivity index (χ1v) is 22.3. The van der Waals surface area contributed by atoms with E-state index in [9.17, 15) is 9.59 Å². The molecule has 0 radical (unpaired) electrons. The molecule has 2 aliphatic carbocycles. The zero-order valence-electron chi connectivity index (χ0n) is 34.9. The van der Waals surface area contributed by atoms with E-state index in [1.807, 2.05) is 6.92 Å². The predicted octanol–water partition coefficient (Wildman–Crippen LogP) is 12.7. The monoisotopic (exact) mass is 755 g/mol. The van der Waals surface area contributed by atoms with Crippen LogP contribution in [0.25, 0.3) is 11.1 Å². The fourth-order valence-corrected chi connectivity index (χ4v) is 9.32. The van der Waals surface area contributed by atoms with Crippen LogP contribution in [0.3, 0.4) is 0 Å². The van der Waals surface area contributed by atoms with Crippen molar-refractivity contribution in [3.05, 3.63) is 83.5 Å². The second kappa shape index (κ2) is 24.5. The van der Waals surface area contributed by atoms with Gasteiger partial charge in [0.1, 0.15) is 0 Å². The van der Waals surface area contributed by atoms with E-state index in [4.69, 9.17) is 14.6 Å². The number of esters is 2. The minimum atomic E-state index is -0.568. The van der Waals surface area contributed by atoms with Crippen LogP contribution < -0.4 is 0 Å². The Hall–Kier alpha value is -3.18. The van der Waals surface area contributed by atoms with E-state index >= 15 is 0 Å². The first-order valence-electron chi connectivity index (χ1n) is 22.3. The number of ether oxygens (including phenoxy) is 2. The number of hydrogen-bond donors (Lipinski definition) is 1. The third-order valence-electron chi connectivity index (χ3n) is 13.1. The first kappa shape index (κ1) is 44.5. The highest BCUT2D eigenvalue weighted by molar-refractivity contribution is 5.88. The quantitative estimate of drug-likeness (QED) is 0.0656. The number of aryl methyl sites for hydroxylation is 2. The van der Waals surface area contributed by atoms with Gasteiger partial charge < -0.3 is 14.6 Å². The van der Waals surface area contributed by atoms with Crippen molar-refractivity contribution in [3.8, 4) is 11.1 Å². The number of rotatable bonds is 24. The summed E-state index contributed by atoms with van der Waals surface area (Å²) in [5, 5.41) is 9.16. The molecule has 5 heteroatoms. The van der Waals surface area contributed by atoms with Gasteiger partial charge in [-0.3, -0.25) is 0 Å². The molecule has 304 valence electrons. The average Bonchev–Trinajstić information content (AvgIpc) is 3.23. The summed E-state index contributed by atoms with van der Waals surface area (Å²) < 4.78 is 10.8. The molecule has 2 aromatic rings. The van der Waals surface area contributed by atoms with Crippen molar-refractivity contribution < 1.29 is 24.2 Å². The van der Waals surface area contributed by atoms with Crippen LogP contribution in [0.5, 0.6) is 0 Å². The molecule has 0 aromatic heterocycles. The molecular weight excluding hydrogens is 681 g/mol. The number of hydrogen-bond acceptors (Lipinski definition) is 5. The molecule has 1 atom stereocenters. The van der Waals surface area contributed by atoms with E-state index in [0.717, 1.165) is 43.4 Å². The Balaban J connectivity index is 1.24. The van der Waals surface area contributed by atoms with Gasteiger partial charge in [-0.2, -0.15) is 0 Å². The van der Waals surface area contributed by atoms with Crippen molar-refractivity contribution in [1.82, 2.24) is 0 Å². The molecule has 0 bridgehead atoms. The second-order valence-corrected chi connectivity index (χ2v) is 16.9. The minimum absolute atomic E-state index is 0.0529. The smallest absolute Gasteiger partial charge is 0.335 e. The van der Waals surface area contributed by atoms with Gasteiger partial charge in [0, 0.05) is 5.57 Å². The van der Waals surface area contributed by atoms with Crippen LogP contribution in [-0.2, 0) is 31.9 Å². The Morgan fingerprint density at radius 2 is 1.31 bits per heavy atom. The topological polar surface area (TPSA) is 72.8 Å². The highest BCUT2D eigenvalue weighted by Gasteiger charge is 2.31. The molecule has 0 saturated heterocycles. The van der Waals surface area contributed by atoms with Crippen molar-refractivity contribution in [2.75, 3.05) is 19.8 Å². The molecule has 0 heterocycles. The largest absolute Gasteiger partial charge is 0.462 e. The highest BCUT2D eigenvalue weighted by Crippen LogP contribution is 2.45. The van der Waals surface area contributed by atoms with Crippen LogP contribution in [-0.4, -0.2) is 36.9 Å². The molecule has 2 fully saturated rings. The Bertz CT molecular complexity index is 1420. The van der Waals surface area contributed by atoms with Crippen LogP contribution in [0.2, 0.25) is 0 Å². The standard InChI is InChI=1S/C50H74O5/c1-6-9-10-11-12-14-39-17-21-43(22-18-39)44-25-27-46(28-26-44)48-30-29-47(35-42(48)8-3)45-23-19-40(20-24-45)15-13-16-41(31-33-54-49(52)37(4)7-2)32-34-55-50(53)38(5)36-51/h19-20,23-24,29-30,35,39,41,43-44,46,51H,4-18,21-22,25-28,31-34,36H2,1-3H3. The van der Waals surface area contributed by atoms with Gasteiger partial charge in [0.2, 0.25) is 0 Å². The Kier molecular flexibility index (Phi) is 19.8. The van der Waals surface area contributed by atoms with Crippen molar-refractivity contribution in [2.24, 2.45) is 23.7 Å². The lowest BCUT2D eigenvalue weighted by Gasteiger charge is -2.38. The number of aliphatic hydroxyl groups excluding tert-OH is 1. The lowest BCUT2D eigenvalue weighted by Crippen LogP contribution is -2.25. The lowest BCUT2D eigenvalue weighted by molar-refractivity contribution is -0.139. The zero-order chi connectivity index (χ0) is 39.4. The molecule has 0 spiro atoms. The number of aliphatic hydroxyl groups is 1. The molecule has 2 saturated carbocycles. The van der Waals surface area contributed by atoms with Crippen LogP contribution in [0.1, 0.15) is 165 Å². The third kappa shape index (κ3) is 14.7. The Morgan fingerprint density at radius 3 is 1.91 bits per heavy atom. The van der Waals surface area contributed by atoms with Crippen molar-refractivity contribution in [3.63, 3.8) is 0 Å². The third-order valence-corrected chi connectivity index (χ3v) is 13.1. The highest BCUT2D eigenvalue weighted by atomic mass is 16.5. The van der Waals surface area contributed by atoms with Crippen LogP contribution in [0, 0.1) is 23.7 Å². The number of benzene rings is 2. The molecule has 4 rings (SSSR count). The first-order chi connectivity index (χ1) is 26.8. The van der Waals surface area contributed by atoms with Gasteiger partial charge >= 0.3 is 11.9 Å². The van der Waals surface area contributed by atoms with E-state index in [-0.39, 0.29) is 24.1 Å². The summed E-state index contributed by atoms with van der Waals surface area (Å²) in [6, 6.07) is 16.3.